The summed E-state index contributed by atoms with van der Waals surface area (Å²) in [5, 5.41) is 12.0. The Kier molecular flexibility index (Phi) is 8.21. The molecule has 4 heteroatoms. The van der Waals surface area contributed by atoms with Crippen molar-refractivity contribution in [1.82, 2.24) is 5.32 Å². The molecule has 0 aromatic carbocycles. The van der Waals surface area contributed by atoms with E-state index in [0.717, 1.165) is 25.7 Å². The molecule has 96 valence electrons. The standard InChI is InChI=1S/C12H26N2O2/c1-3-12(4-2,7-9-15)10-14-11(16)6-5-8-13/h15H,3-10,13H2,1-2H3,(H,14,16). The average Bonchev–Trinajstić information content (AvgIpc) is 2.32. The normalized spacial score (nSPS) is 11.5. The maximum absolute atomic E-state index is 11.5. The van der Waals surface area contributed by atoms with E-state index in [-0.39, 0.29) is 17.9 Å². The largest absolute Gasteiger partial charge is 0.396 e. The molecule has 0 aromatic heterocycles. The number of amides is 1. The van der Waals surface area contributed by atoms with Crippen LogP contribution >= 0.6 is 0 Å². The Morgan fingerprint density at radius 2 is 2.00 bits per heavy atom. The Morgan fingerprint density at radius 3 is 2.44 bits per heavy atom. The van der Waals surface area contributed by atoms with E-state index >= 15 is 0 Å². The number of nitrogens with two attached hydrogens (primary N) is 1. The maximum Gasteiger partial charge on any atom is 0.220 e. The Morgan fingerprint density at radius 1 is 1.38 bits per heavy atom. The monoisotopic (exact) mass is 230 g/mol. The van der Waals surface area contributed by atoms with Gasteiger partial charge in [-0.15, -0.1) is 0 Å². The molecular weight excluding hydrogens is 204 g/mol. The van der Waals surface area contributed by atoms with Gasteiger partial charge >= 0.3 is 0 Å². The third-order valence-electron chi connectivity index (χ3n) is 3.41. The minimum Gasteiger partial charge on any atom is -0.396 e. The molecule has 1 amide bonds. The van der Waals surface area contributed by atoms with Crippen molar-refractivity contribution >= 4 is 5.91 Å². The van der Waals surface area contributed by atoms with Crippen LogP contribution in [0.4, 0.5) is 0 Å². The van der Waals surface area contributed by atoms with E-state index in [1.165, 1.54) is 0 Å². The Balaban J connectivity index is 4.05. The first-order valence-corrected chi connectivity index (χ1v) is 6.21. The molecule has 0 fully saturated rings. The fraction of sp³-hybridized carbons (Fsp3) is 0.917. The summed E-state index contributed by atoms with van der Waals surface area (Å²) in [6.07, 6.45) is 3.93. The van der Waals surface area contributed by atoms with Crippen LogP contribution in [0.25, 0.3) is 0 Å². The van der Waals surface area contributed by atoms with Crippen molar-refractivity contribution in [3.05, 3.63) is 0 Å². The quantitative estimate of drug-likeness (QED) is 0.554. The van der Waals surface area contributed by atoms with Crippen LogP contribution in [-0.4, -0.2) is 30.7 Å². The third kappa shape index (κ3) is 5.47. The van der Waals surface area contributed by atoms with Gasteiger partial charge in [-0.1, -0.05) is 13.8 Å². The molecule has 0 spiro atoms. The van der Waals surface area contributed by atoms with Gasteiger partial charge < -0.3 is 16.2 Å². The highest BCUT2D eigenvalue weighted by molar-refractivity contribution is 5.75. The van der Waals surface area contributed by atoms with Gasteiger partial charge in [-0.3, -0.25) is 4.79 Å². The number of carbonyl (C=O) groups excluding carboxylic acids is 1. The topological polar surface area (TPSA) is 75.3 Å². The number of hydrogen-bond acceptors (Lipinski definition) is 3. The van der Waals surface area contributed by atoms with Crippen molar-refractivity contribution in [2.45, 2.75) is 46.0 Å². The van der Waals surface area contributed by atoms with Gasteiger partial charge in [0.2, 0.25) is 5.91 Å². The number of rotatable bonds is 9. The third-order valence-corrected chi connectivity index (χ3v) is 3.41. The van der Waals surface area contributed by atoms with Crippen LogP contribution in [0.1, 0.15) is 46.0 Å². The lowest BCUT2D eigenvalue weighted by molar-refractivity contribution is -0.121. The molecule has 0 unspecified atom stereocenters. The van der Waals surface area contributed by atoms with Gasteiger partial charge in [0.05, 0.1) is 0 Å². The molecule has 0 radical (unpaired) electrons. The van der Waals surface area contributed by atoms with Crippen molar-refractivity contribution in [2.24, 2.45) is 11.1 Å². The Bertz CT molecular complexity index is 191. The molecule has 0 aliphatic carbocycles. The van der Waals surface area contributed by atoms with Gasteiger partial charge in [0.15, 0.2) is 0 Å². The van der Waals surface area contributed by atoms with Crippen LogP contribution in [0.5, 0.6) is 0 Å². The van der Waals surface area contributed by atoms with Crippen LogP contribution in [0, 0.1) is 5.41 Å². The summed E-state index contributed by atoms with van der Waals surface area (Å²) < 4.78 is 0. The van der Waals surface area contributed by atoms with E-state index in [1.54, 1.807) is 0 Å². The van der Waals surface area contributed by atoms with E-state index in [0.29, 0.717) is 19.5 Å². The minimum atomic E-state index is 0.0487. The van der Waals surface area contributed by atoms with E-state index in [1.807, 2.05) is 0 Å². The Labute approximate surface area is 98.6 Å². The molecule has 4 nitrogen and oxygen atoms in total. The summed E-state index contributed by atoms with van der Waals surface area (Å²) in [5.41, 5.74) is 5.39. The maximum atomic E-state index is 11.5. The molecule has 0 atom stereocenters. The van der Waals surface area contributed by atoms with Crippen molar-refractivity contribution in [1.29, 1.82) is 0 Å². The zero-order valence-electron chi connectivity index (χ0n) is 10.6. The van der Waals surface area contributed by atoms with Gasteiger partial charge in [-0.25, -0.2) is 0 Å². The summed E-state index contributed by atoms with van der Waals surface area (Å²) >= 11 is 0. The van der Waals surface area contributed by atoms with Crippen LogP contribution in [0.15, 0.2) is 0 Å². The summed E-state index contributed by atoms with van der Waals surface area (Å²) in [4.78, 5) is 11.5. The van der Waals surface area contributed by atoms with Gasteiger partial charge in [0, 0.05) is 19.6 Å². The number of nitrogens with one attached hydrogen (secondary N) is 1. The molecule has 0 aliphatic heterocycles. The van der Waals surface area contributed by atoms with Crippen LogP contribution in [0.3, 0.4) is 0 Å². The van der Waals surface area contributed by atoms with Gasteiger partial charge in [0.25, 0.3) is 0 Å². The van der Waals surface area contributed by atoms with Crippen molar-refractivity contribution < 1.29 is 9.90 Å². The van der Waals surface area contributed by atoms with Crippen molar-refractivity contribution in [3.8, 4) is 0 Å². The van der Waals surface area contributed by atoms with E-state index in [2.05, 4.69) is 19.2 Å². The van der Waals surface area contributed by atoms with E-state index < -0.39 is 0 Å². The predicted molar refractivity (Wildman–Crippen MR) is 66.0 cm³/mol. The molecule has 0 bridgehead atoms. The Hall–Kier alpha value is -0.610. The predicted octanol–water partition coefficient (Wildman–Crippen LogP) is 1.03. The minimum absolute atomic E-state index is 0.0487. The molecule has 0 aliphatic rings. The smallest absolute Gasteiger partial charge is 0.220 e. The lowest BCUT2D eigenvalue weighted by Crippen LogP contribution is -2.37. The first-order valence-electron chi connectivity index (χ1n) is 6.21. The highest BCUT2D eigenvalue weighted by atomic mass is 16.3. The second kappa shape index (κ2) is 8.53. The second-order valence-electron chi connectivity index (χ2n) is 4.35. The average molecular weight is 230 g/mol. The molecule has 4 N–H and O–H groups in total. The van der Waals surface area contributed by atoms with Crippen LogP contribution < -0.4 is 11.1 Å². The number of hydrogen-bond donors (Lipinski definition) is 3. The second-order valence-corrected chi connectivity index (χ2v) is 4.35. The molecule has 0 heterocycles. The lowest BCUT2D eigenvalue weighted by atomic mass is 9.79. The summed E-state index contributed by atoms with van der Waals surface area (Å²) in [7, 11) is 0. The van der Waals surface area contributed by atoms with Gasteiger partial charge in [0.1, 0.15) is 0 Å². The fourth-order valence-corrected chi connectivity index (χ4v) is 1.82. The highest BCUT2D eigenvalue weighted by Crippen LogP contribution is 2.29. The molecule has 0 rings (SSSR count). The van der Waals surface area contributed by atoms with Gasteiger partial charge in [-0.2, -0.15) is 0 Å². The zero-order chi connectivity index (χ0) is 12.4. The summed E-state index contributed by atoms with van der Waals surface area (Å²) in [6, 6.07) is 0. The zero-order valence-corrected chi connectivity index (χ0v) is 10.6. The first-order chi connectivity index (χ1) is 7.64. The summed E-state index contributed by atoms with van der Waals surface area (Å²) in [5.74, 6) is 0.0645. The molecule has 0 saturated carbocycles. The molecule has 16 heavy (non-hydrogen) atoms. The van der Waals surface area contributed by atoms with Crippen LogP contribution in [0.2, 0.25) is 0 Å². The number of aliphatic hydroxyl groups is 1. The SMILES string of the molecule is CCC(CC)(CCO)CNC(=O)CCCN. The fourth-order valence-electron chi connectivity index (χ4n) is 1.82. The molecule has 0 aromatic rings. The lowest BCUT2D eigenvalue weighted by Gasteiger charge is -2.31. The van der Waals surface area contributed by atoms with Crippen LogP contribution in [-0.2, 0) is 4.79 Å². The van der Waals surface area contributed by atoms with E-state index in [9.17, 15) is 4.79 Å². The number of aliphatic hydroxyl groups excluding tert-OH is 1. The number of carbonyl (C=O) groups is 1. The van der Waals surface area contributed by atoms with Crippen molar-refractivity contribution in [3.63, 3.8) is 0 Å². The molecule has 0 saturated heterocycles. The summed E-state index contributed by atoms with van der Waals surface area (Å²) in [6.45, 7) is 5.59. The van der Waals surface area contributed by atoms with Gasteiger partial charge in [-0.05, 0) is 37.6 Å². The van der Waals surface area contributed by atoms with E-state index in [4.69, 9.17) is 10.8 Å². The first kappa shape index (κ1) is 15.4. The highest BCUT2D eigenvalue weighted by Gasteiger charge is 2.25. The molecular formula is C12H26N2O2. The van der Waals surface area contributed by atoms with Crippen molar-refractivity contribution in [2.75, 3.05) is 19.7 Å².